The molecule has 0 amide bonds. The zero-order chi connectivity index (χ0) is 10.0. The lowest BCUT2D eigenvalue weighted by Gasteiger charge is -2.41. The molecule has 0 radical (unpaired) electrons. The maximum Gasteiger partial charge on any atom is 0.0807 e. The highest BCUT2D eigenvalue weighted by molar-refractivity contribution is 4.94. The molecule has 1 aliphatic heterocycles. The van der Waals surface area contributed by atoms with Crippen LogP contribution in [-0.2, 0) is 4.74 Å². The summed E-state index contributed by atoms with van der Waals surface area (Å²) in [4.78, 5) is 0. The van der Waals surface area contributed by atoms with E-state index >= 15 is 0 Å². The molecule has 2 heteroatoms. The van der Waals surface area contributed by atoms with Crippen molar-refractivity contribution in [2.45, 2.75) is 63.5 Å². The summed E-state index contributed by atoms with van der Waals surface area (Å²) >= 11 is 0. The second-order valence-electron chi connectivity index (χ2n) is 5.19. The standard InChI is InChI=1S/C12H23NO/c1-12(8-4-5-9-14-12)11(13)10-6-2-3-7-10/h10-11H,2-9,13H2,1H3. The highest BCUT2D eigenvalue weighted by atomic mass is 16.5. The van der Waals surface area contributed by atoms with Gasteiger partial charge in [-0.1, -0.05) is 12.8 Å². The third kappa shape index (κ3) is 1.96. The third-order valence-electron chi connectivity index (χ3n) is 4.11. The smallest absolute Gasteiger partial charge is 0.0807 e. The quantitative estimate of drug-likeness (QED) is 0.738. The minimum absolute atomic E-state index is 0.0206. The predicted octanol–water partition coefficient (Wildman–Crippen LogP) is 2.46. The molecule has 82 valence electrons. The van der Waals surface area contributed by atoms with Crippen LogP contribution < -0.4 is 5.73 Å². The molecule has 0 aromatic heterocycles. The third-order valence-corrected chi connectivity index (χ3v) is 4.11. The second-order valence-corrected chi connectivity index (χ2v) is 5.19. The molecule has 2 N–H and O–H groups in total. The Labute approximate surface area is 87.2 Å². The molecule has 1 aliphatic carbocycles. The zero-order valence-corrected chi connectivity index (χ0v) is 9.30. The summed E-state index contributed by atoms with van der Waals surface area (Å²) in [5.41, 5.74) is 6.34. The lowest BCUT2D eigenvalue weighted by Crippen LogP contribution is -2.53. The van der Waals surface area contributed by atoms with Crippen LogP contribution in [0.1, 0.15) is 51.9 Å². The minimum atomic E-state index is -0.0206. The van der Waals surface area contributed by atoms with E-state index in [0.717, 1.165) is 18.9 Å². The maximum absolute atomic E-state index is 6.36. The van der Waals surface area contributed by atoms with E-state index in [-0.39, 0.29) is 11.6 Å². The lowest BCUT2D eigenvalue weighted by atomic mass is 9.81. The van der Waals surface area contributed by atoms with Crippen molar-refractivity contribution in [2.75, 3.05) is 6.61 Å². The Morgan fingerprint density at radius 2 is 1.93 bits per heavy atom. The fraction of sp³-hybridized carbons (Fsp3) is 1.00. The van der Waals surface area contributed by atoms with Crippen LogP contribution in [0.3, 0.4) is 0 Å². The molecular weight excluding hydrogens is 174 g/mol. The Morgan fingerprint density at radius 3 is 2.50 bits per heavy atom. The van der Waals surface area contributed by atoms with E-state index in [1.807, 2.05) is 0 Å². The van der Waals surface area contributed by atoms with Gasteiger partial charge < -0.3 is 10.5 Å². The van der Waals surface area contributed by atoms with E-state index in [4.69, 9.17) is 10.5 Å². The molecule has 1 saturated carbocycles. The van der Waals surface area contributed by atoms with Gasteiger partial charge in [-0.15, -0.1) is 0 Å². The highest BCUT2D eigenvalue weighted by Gasteiger charge is 2.39. The normalized spacial score (nSPS) is 37.3. The molecule has 0 bridgehead atoms. The Kier molecular flexibility index (Phi) is 3.13. The first kappa shape index (κ1) is 10.4. The van der Waals surface area contributed by atoms with Crippen LogP contribution in [0.15, 0.2) is 0 Å². The molecule has 1 heterocycles. The van der Waals surface area contributed by atoms with Crippen LogP contribution in [0, 0.1) is 5.92 Å². The summed E-state index contributed by atoms with van der Waals surface area (Å²) in [6.07, 6.45) is 9.04. The van der Waals surface area contributed by atoms with Gasteiger partial charge >= 0.3 is 0 Å². The molecule has 1 saturated heterocycles. The van der Waals surface area contributed by atoms with Crippen molar-refractivity contribution in [3.8, 4) is 0 Å². The average molecular weight is 197 g/mol. The zero-order valence-electron chi connectivity index (χ0n) is 9.30. The van der Waals surface area contributed by atoms with Crippen molar-refractivity contribution in [2.24, 2.45) is 11.7 Å². The largest absolute Gasteiger partial charge is 0.374 e. The van der Waals surface area contributed by atoms with Crippen LogP contribution in [0.4, 0.5) is 0 Å². The van der Waals surface area contributed by atoms with Gasteiger partial charge in [0.1, 0.15) is 0 Å². The van der Waals surface area contributed by atoms with Gasteiger partial charge in [-0.3, -0.25) is 0 Å². The minimum Gasteiger partial charge on any atom is -0.374 e. The van der Waals surface area contributed by atoms with E-state index < -0.39 is 0 Å². The summed E-state index contributed by atoms with van der Waals surface area (Å²) in [5, 5.41) is 0. The molecular formula is C12H23NO. The molecule has 0 aromatic rings. The SMILES string of the molecule is CC1(C(N)C2CCCC2)CCCCO1. The van der Waals surface area contributed by atoms with Crippen LogP contribution in [0.2, 0.25) is 0 Å². The number of rotatable bonds is 2. The van der Waals surface area contributed by atoms with E-state index in [0.29, 0.717) is 0 Å². The van der Waals surface area contributed by atoms with Gasteiger partial charge in [0.15, 0.2) is 0 Å². The van der Waals surface area contributed by atoms with Gasteiger partial charge in [-0.25, -0.2) is 0 Å². The van der Waals surface area contributed by atoms with Gasteiger partial charge in [-0.05, 0) is 44.9 Å². The van der Waals surface area contributed by atoms with Crippen molar-refractivity contribution in [3.63, 3.8) is 0 Å². The second kappa shape index (κ2) is 4.19. The van der Waals surface area contributed by atoms with Gasteiger partial charge in [-0.2, -0.15) is 0 Å². The molecule has 0 spiro atoms. The van der Waals surface area contributed by atoms with Crippen molar-refractivity contribution in [1.82, 2.24) is 0 Å². The molecule has 2 atom stereocenters. The number of ether oxygens (including phenoxy) is 1. The summed E-state index contributed by atoms with van der Waals surface area (Å²) in [5.74, 6) is 0.720. The van der Waals surface area contributed by atoms with Crippen LogP contribution in [0.25, 0.3) is 0 Å². The summed E-state index contributed by atoms with van der Waals surface area (Å²) < 4.78 is 5.91. The first-order valence-corrected chi connectivity index (χ1v) is 6.12. The van der Waals surface area contributed by atoms with E-state index in [1.165, 1.54) is 38.5 Å². The Hall–Kier alpha value is -0.0800. The van der Waals surface area contributed by atoms with Crippen LogP contribution in [0.5, 0.6) is 0 Å². The van der Waals surface area contributed by atoms with Crippen molar-refractivity contribution in [1.29, 1.82) is 0 Å². The van der Waals surface area contributed by atoms with Gasteiger partial charge in [0.2, 0.25) is 0 Å². The molecule has 2 rings (SSSR count). The molecule has 14 heavy (non-hydrogen) atoms. The fourth-order valence-electron chi connectivity index (χ4n) is 3.03. The van der Waals surface area contributed by atoms with Crippen LogP contribution in [-0.4, -0.2) is 18.2 Å². The summed E-state index contributed by atoms with van der Waals surface area (Å²) in [6, 6.07) is 0.269. The first-order valence-electron chi connectivity index (χ1n) is 6.12. The molecule has 2 unspecified atom stereocenters. The number of nitrogens with two attached hydrogens (primary N) is 1. The van der Waals surface area contributed by atoms with Gasteiger partial charge in [0.25, 0.3) is 0 Å². The van der Waals surface area contributed by atoms with Gasteiger partial charge in [0.05, 0.1) is 5.60 Å². The molecule has 2 nitrogen and oxygen atoms in total. The summed E-state index contributed by atoms with van der Waals surface area (Å²) in [7, 11) is 0. The van der Waals surface area contributed by atoms with E-state index in [2.05, 4.69) is 6.92 Å². The van der Waals surface area contributed by atoms with Crippen molar-refractivity contribution >= 4 is 0 Å². The van der Waals surface area contributed by atoms with E-state index in [9.17, 15) is 0 Å². The van der Waals surface area contributed by atoms with Crippen LogP contribution >= 0.6 is 0 Å². The molecule has 2 aliphatic rings. The lowest BCUT2D eigenvalue weighted by molar-refractivity contribution is -0.0913. The highest BCUT2D eigenvalue weighted by Crippen LogP contribution is 2.36. The number of hydrogen-bond donors (Lipinski definition) is 1. The number of hydrogen-bond acceptors (Lipinski definition) is 2. The Balaban J connectivity index is 1.96. The van der Waals surface area contributed by atoms with E-state index in [1.54, 1.807) is 0 Å². The predicted molar refractivity (Wildman–Crippen MR) is 58.1 cm³/mol. The topological polar surface area (TPSA) is 35.2 Å². The first-order chi connectivity index (χ1) is 6.72. The fourth-order valence-corrected chi connectivity index (χ4v) is 3.03. The Bertz CT molecular complexity index is 181. The maximum atomic E-state index is 6.36. The van der Waals surface area contributed by atoms with Crippen molar-refractivity contribution < 1.29 is 4.74 Å². The Morgan fingerprint density at radius 1 is 1.21 bits per heavy atom. The van der Waals surface area contributed by atoms with Crippen molar-refractivity contribution in [3.05, 3.63) is 0 Å². The van der Waals surface area contributed by atoms with Gasteiger partial charge in [0, 0.05) is 12.6 Å². The molecule has 0 aromatic carbocycles. The molecule has 2 fully saturated rings. The average Bonchev–Trinajstić information content (AvgIpc) is 2.70. The monoisotopic (exact) mass is 197 g/mol. The summed E-state index contributed by atoms with van der Waals surface area (Å²) in [6.45, 7) is 3.13.